The van der Waals surface area contributed by atoms with Crippen LogP contribution in [-0.4, -0.2) is 37.9 Å². The highest BCUT2D eigenvalue weighted by Gasteiger charge is 2.18. The van der Waals surface area contributed by atoms with Gasteiger partial charge < -0.3 is 14.2 Å². The number of carbonyl (C=O) groups is 2. The molecule has 5 heteroatoms. The predicted octanol–water partition coefficient (Wildman–Crippen LogP) is 22.1. The van der Waals surface area contributed by atoms with Crippen LogP contribution in [0.25, 0.3) is 0 Å². The average Bonchev–Trinajstić information content (AvgIpc) is 3.36. The van der Waals surface area contributed by atoms with Crippen molar-refractivity contribution in [1.29, 1.82) is 0 Å². The summed E-state index contributed by atoms with van der Waals surface area (Å²) in [5.74, 6) is -0.366. The highest BCUT2D eigenvalue weighted by Crippen LogP contribution is 2.18. The van der Waals surface area contributed by atoms with Crippen molar-refractivity contribution in [2.45, 2.75) is 374 Å². The van der Waals surface area contributed by atoms with Crippen LogP contribution in [-0.2, 0) is 23.8 Å². The molecule has 1 atom stereocenters. The first-order valence-corrected chi connectivity index (χ1v) is 32.2. The maximum Gasteiger partial charge on any atom is 0.306 e. The SMILES string of the molecule is CCCCCCCC/C=C\CCCCCCCCCCCCCC(=O)OC[C@@H](COCCCCCCCCCCCCCCCCCC)OC(=O)CCCCCCCCCCCCCCCCCCC. The predicted molar refractivity (Wildman–Crippen MR) is 307 cm³/mol. The fraction of sp³-hybridized carbons (Fsp3) is 0.938. The third-order valence-electron chi connectivity index (χ3n) is 14.8. The van der Waals surface area contributed by atoms with E-state index in [0.717, 1.165) is 32.1 Å². The number of hydrogen-bond acceptors (Lipinski definition) is 5. The van der Waals surface area contributed by atoms with Crippen molar-refractivity contribution >= 4 is 11.9 Å². The van der Waals surface area contributed by atoms with E-state index in [9.17, 15) is 9.59 Å². The third kappa shape index (κ3) is 59.2. The molecule has 0 aliphatic heterocycles. The van der Waals surface area contributed by atoms with Crippen molar-refractivity contribution < 1.29 is 23.8 Å². The lowest BCUT2D eigenvalue weighted by molar-refractivity contribution is -0.163. The number of unbranched alkanes of at least 4 members (excludes halogenated alkanes) is 48. The van der Waals surface area contributed by atoms with Gasteiger partial charge in [-0.05, 0) is 44.9 Å². The molecule has 0 rings (SSSR count). The molecule has 0 aromatic carbocycles. The molecule has 70 heavy (non-hydrogen) atoms. The van der Waals surface area contributed by atoms with Gasteiger partial charge in [-0.1, -0.05) is 322 Å². The van der Waals surface area contributed by atoms with Crippen molar-refractivity contribution in [1.82, 2.24) is 0 Å². The minimum Gasteiger partial charge on any atom is -0.462 e. The zero-order valence-corrected chi connectivity index (χ0v) is 48.1. The van der Waals surface area contributed by atoms with Crippen LogP contribution in [0.5, 0.6) is 0 Å². The molecule has 0 amide bonds. The highest BCUT2D eigenvalue weighted by molar-refractivity contribution is 5.70. The summed E-state index contributed by atoms with van der Waals surface area (Å²) in [6.45, 7) is 7.93. The van der Waals surface area contributed by atoms with Crippen LogP contribution in [0, 0.1) is 0 Å². The van der Waals surface area contributed by atoms with E-state index in [2.05, 4.69) is 32.9 Å². The van der Waals surface area contributed by atoms with Crippen LogP contribution in [0.2, 0.25) is 0 Å². The lowest BCUT2D eigenvalue weighted by Crippen LogP contribution is -2.30. The van der Waals surface area contributed by atoms with E-state index in [1.54, 1.807) is 0 Å². The van der Waals surface area contributed by atoms with Gasteiger partial charge in [-0.2, -0.15) is 0 Å². The molecule has 0 heterocycles. The van der Waals surface area contributed by atoms with Gasteiger partial charge in [0.1, 0.15) is 6.61 Å². The summed E-state index contributed by atoms with van der Waals surface area (Å²) in [6, 6.07) is 0. The van der Waals surface area contributed by atoms with E-state index in [0.29, 0.717) is 26.1 Å². The van der Waals surface area contributed by atoms with Gasteiger partial charge in [0.2, 0.25) is 0 Å². The molecule has 0 aliphatic carbocycles. The van der Waals surface area contributed by atoms with Crippen molar-refractivity contribution in [3.8, 4) is 0 Å². The maximum atomic E-state index is 12.9. The van der Waals surface area contributed by atoms with Crippen LogP contribution in [0.1, 0.15) is 367 Å². The molecule has 0 bridgehead atoms. The lowest BCUT2D eigenvalue weighted by atomic mass is 10.0. The van der Waals surface area contributed by atoms with Crippen molar-refractivity contribution in [3.63, 3.8) is 0 Å². The number of ether oxygens (including phenoxy) is 3. The van der Waals surface area contributed by atoms with Crippen LogP contribution in [0.4, 0.5) is 0 Å². The number of rotatable bonds is 61. The van der Waals surface area contributed by atoms with E-state index < -0.39 is 6.10 Å². The normalized spacial score (nSPS) is 12.1. The van der Waals surface area contributed by atoms with Gasteiger partial charge in [-0.3, -0.25) is 9.59 Å². The zero-order valence-electron chi connectivity index (χ0n) is 48.1. The largest absolute Gasteiger partial charge is 0.462 e. The van der Waals surface area contributed by atoms with Gasteiger partial charge in [-0.25, -0.2) is 0 Å². The first-order chi connectivity index (χ1) is 34.6. The number of hydrogen-bond donors (Lipinski definition) is 0. The van der Waals surface area contributed by atoms with Crippen molar-refractivity contribution in [3.05, 3.63) is 12.2 Å². The molecule has 0 aliphatic rings. The Kier molecular flexibility index (Phi) is 60.7. The first-order valence-electron chi connectivity index (χ1n) is 32.2. The summed E-state index contributed by atoms with van der Waals surface area (Å²) < 4.78 is 17.6. The van der Waals surface area contributed by atoms with Gasteiger partial charge >= 0.3 is 11.9 Å². The number of esters is 2. The molecule has 0 aromatic rings. The molecule has 5 nitrogen and oxygen atoms in total. The molecule has 0 spiro atoms. The van der Waals surface area contributed by atoms with E-state index >= 15 is 0 Å². The standard InChI is InChI=1S/C65H126O5/c1-4-7-10-13-16-19-22-25-28-31-32-33-34-36-37-40-43-46-49-52-55-58-64(66)69-62-63(61-68-60-57-54-51-48-45-42-39-30-27-24-21-18-15-12-9-6-3)70-65(67)59-56-53-50-47-44-41-38-35-29-26-23-20-17-14-11-8-5-2/h25,28,63H,4-24,26-27,29-62H2,1-3H3/b28-25-/t63-/m1/s1. The van der Waals surface area contributed by atoms with Gasteiger partial charge in [0.05, 0.1) is 6.61 Å². The summed E-state index contributed by atoms with van der Waals surface area (Å²) in [4.78, 5) is 25.6. The summed E-state index contributed by atoms with van der Waals surface area (Å²) in [5.41, 5.74) is 0. The third-order valence-corrected chi connectivity index (χ3v) is 14.8. The van der Waals surface area contributed by atoms with Crippen LogP contribution < -0.4 is 0 Å². The fourth-order valence-electron chi connectivity index (χ4n) is 9.98. The van der Waals surface area contributed by atoms with Crippen LogP contribution in [0.15, 0.2) is 12.2 Å². The monoisotopic (exact) mass is 987 g/mol. The second kappa shape index (κ2) is 61.9. The molecule has 0 radical (unpaired) electrons. The molecule has 0 aromatic heterocycles. The smallest absolute Gasteiger partial charge is 0.306 e. The molecular weight excluding hydrogens is 861 g/mol. The summed E-state index contributed by atoms with van der Waals surface area (Å²) in [5, 5.41) is 0. The topological polar surface area (TPSA) is 61.8 Å². The van der Waals surface area contributed by atoms with Gasteiger partial charge in [0.25, 0.3) is 0 Å². The van der Waals surface area contributed by atoms with E-state index in [1.807, 2.05) is 0 Å². The van der Waals surface area contributed by atoms with Gasteiger partial charge in [0.15, 0.2) is 6.10 Å². The Hall–Kier alpha value is -1.36. The molecule has 0 saturated heterocycles. The Morgan fingerprint density at radius 1 is 0.300 bits per heavy atom. The molecule has 0 fully saturated rings. The van der Waals surface area contributed by atoms with Gasteiger partial charge in [-0.15, -0.1) is 0 Å². The maximum absolute atomic E-state index is 12.9. The molecular formula is C65H126O5. The molecule has 0 unspecified atom stereocenters. The molecule has 416 valence electrons. The summed E-state index contributed by atoms with van der Waals surface area (Å²) in [6.07, 6.45) is 73.9. The zero-order chi connectivity index (χ0) is 50.6. The number of carbonyl (C=O) groups excluding carboxylic acids is 2. The molecule has 0 saturated carbocycles. The summed E-state index contributed by atoms with van der Waals surface area (Å²) in [7, 11) is 0. The molecule has 0 N–H and O–H groups in total. The first kappa shape index (κ1) is 68.6. The van der Waals surface area contributed by atoms with Crippen molar-refractivity contribution in [2.75, 3.05) is 19.8 Å². The lowest BCUT2D eigenvalue weighted by Gasteiger charge is -2.18. The minimum absolute atomic E-state index is 0.0958. The highest BCUT2D eigenvalue weighted by atomic mass is 16.6. The van der Waals surface area contributed by atoms with Crippen molar-refractivity contribution in [2.24, 2.45) is 0 Å². The van der Waals surface area contributed by atoms with E-state index in [-0.39, 0.29) is 18.5 Å². The van der Waals surface area contributed by atoms with Gasteiger partial charge in [0, 0.05) is 19.4 Å². The Morgan fingerprint density at radius 3 is 0.871 bits per heavy atom. The second-order valence-electron chi connectivity index (χ2n) is 22.0. The summed E-state index contributed by atoms with van der Waals surface area (Å²) >= 11 is 0. The Bertz CT molecular complexity index is 1030. The second-order valence-corrected chi connectivity index (χ2v) is 22.0. The van der Waals surface area contributed by atoms with E-state index in [1.165, 1.54) is 302 Å². The van der Waals surface area contributed by atoms with Crippen LogP contribution >= 0.6 is 0 Å². The number of allylic oxidation sites excluding steroid dienone is 2. The average molecular weight is 988 g/mol. The quantitative estimate of drug-likeness (QED) is 0.0345. The van der Waals surface area contributed by atoms with E-state index in [4.69, 9.17) is 14.2 Å². The Balaban J connectivity index is 4.18. The van der Waals surface area contributed by atoms with Crippen LogP contribution in [0.3, 0.4) is 0 Å². The Labute approximate surface area is 439 Å². The Morgan fingerprint density at radius 2 is 0.557 bits per heavy atom. The fourth-order valence-corrected chi connectivity index (χ4v) is 9.98. The minimum atomic E-state index is -0.528.